The number of rotatable bonds is 9. The first kappa shape index (κ1) is 16.7. The molecular formula is C17H27N2S2+. The molecule has 2 N–H and O–H groups in total. The number of hydrogen-bond acceptors (Lipinski definition) is 2. The number of aromatic nitrogens is 1. The lowest BCUT2D eigenvalue weighted by Gasteiger charge is -2.07. The topological polar surface area (TPSA) is 21.5 Å². The molecular weight excluding hydrogens is 296 g/mol. The highest BCUT2D eigenvalue weighted by Gasteiger charge is 2.09. The van der Waals surface area contributed by atoms with Gasteiger partial charge in [-0.15, -0.1) is 11.3 Å². The Morgan fingerprint density at radius 3 is 2.90 bits per heavy atom. The van der Waals surface area contributed by atoms with Crippen LogP contribution in [0, 0.1) is 13.8 Å². The standard InChI is InChI=1S/C17H26N2S2/c1-4-8-19-14(2)11-16(15(19)3)12-18-7-10-20-13-17-6-5-9-21-17/h5-6,9,11,18H,4,7-8,10,12-13H2,1-3H3/p+1. The minimum atomic E-state index is 1.11. The third-order valence-electron chi connectivity index (χ3n) is 3.78. The Kier molecular flexibility index (Phi) is 6.87. The molecule has 0 radical (unpaired) electrons. The van der Waals surface area contributed by atoms with E-state index in [4.69, 9.17) is 0 Å². The van der Waals surface area contributed by atoms with E-state index >= 15 is 0 Å². The van der Waals surface area contributed by atoms with Gasteiger partial charge in [0, 0.05) is 39.9 Å². The Balaban J connectivity index is 1.67. The number of quaternary nitrogens is 1. The summed E-state index contributed by atoms with van der Waals surface area (Å²) in [7, 11) is 0. The van der Waals surface area contributed by atoms with Crippen LogP contribution in [0.2, 0.25) is 0 Å². The summed E-state index contributed by atoms with van der Waals surface area (Å²) < 4.78 is 2.45. The SMILES string of the molecule is CCCn1c(C)cc(C[NH2+]CCSCc2cccs2)c1C. The number of hydrogen-bond donors (Lipinski definition) is 1. The van der Waals surface area contributed by atoms with Crippen molar-refractivity contribution in [2.24, 2.45) is 0 Å². The molecule has 0 spiro atoms. The average Bonchev–Trinajstić information content (AvgIpc) is 3.07. The molecule has 4 heteroatoms. The largest absolute Gasteiger partial charge is 0.349 e. The summed E-state index contributed by atoms with van der Waals surface area (Å²) >= 11 is 3.90. The maximum absolute atomic E-state index is 2.45. The van der Waals surface area contributed by atoms with Gasteiger partial charge in [-0.3, -0.25) is 0 Å². The minimum absolute atomic E-state index is 1.11. The summed E-state index contributed by atoms with van der Waals surface area (Å²) in [4.78, 5) is 1.49. The molecule has 0 aliphatic carbocycles. The zero-order valence-electron chi connectivity index (χ0n) is 13.4. The third-order valence-corrected chi connectivity index (χ3v) is 5.88. The quantitative estimate of drug-likeness (QED) is 0.700. The Labute approximate surface area is 137 Å². The van der Waals surface area contributed by atoms with Gasteiger partial charge < -0.3 is 9.88 Å². The Morgan fingerprint density at radius 2 is 2.19 bits per heavy atom. The molecule has 0 unspecified atom stereocenters. The lowest BCUT2D eigenvalue weighted by Crippen LogP contribution is -2.83. The molecule has 0 bridgehead atoms. The van der Waals surface area contributed by atoms with Crippen molar-refractivity contribution in [3.63, 3.8) is 0 Å². The second kappa shape index (κ2) is 8.66. The van der Waals surface area contributed by atoms with E-state index in [-0.39, 0.29) is 0 Å². The van der Waals surface area contributed by atoms with Crippen molar-refractivity contribution in [2.75, 3.05) is 12.3 Å². The first-order valence-corrected chi connectivity index (χ1v) is 9.83. The van der Waals surface area contributed by atoms with Crippen molar-refractivity contribution in [2.45, 2.75) is 46.0 Å². The number of thioether (sulfide) groups is 1. The summed E-state index contributed by atoms with van der Waals surface area (Å²) in [6, 6.07) is 6.73. The van der Waals surface area contributed by atoms with Crippen molar-refractivity contribution >= 4 is 23.1 Å². The van der Waals surface area contributed by atoms with Gasteiger partial charge in [-0.1, -0.05) is 13.0 Å². The normalized spacial score (nSPS) is 11.2. The number of nitrogens with zero attached hydrogens (tertiary/aromatic N) is 1. The average molecular weight is 324 g/mol. The summed E-state index contributed by atoms with van der Waals surface area (Å²) in [5, 5.41) is 4.60. The third kappa shape index (κ3) is 4.90. The van der Waals surface area contributed by atoms with Crippen LogP contribution in [0.1, 0.15) is 35.2 Å². The second-order valence-electron chi connectivity index (χ2n) is 5.46. The van der Waals surface area contributed by atoms with Gasteiger partial charge in [0.1, 0.15) is 6.54 Å². The predicted octanol–water partition coefficient (Wildman–Crippen LogP) is 3.57. The predicted molar refractivity (Wildman–Crippen MR) is 95.2 cm³/mol. The molecule has 0 fully saturated rings. The smallest absolute Gasteiger partial charge is 0.103 e. The Bertz CT molecular complexity index is 529. The molecule has 0 aliphatic rings. The maximum atomic E-state index is 2.45. The molecule has 2 aromatic rings. The van der Waals surface area contributed by atoms with E-state index < -0.39 is 0 Å². The van der Waals surface area contributed by atoms with Crippen molar-refractivity contribution in [1.29, 1.82) is 0 Å². The Hall–Kier alpha value is -0.710. The fraction of sp³-hybridized carbons (Fsp3) is 0.529. The van der Waals surface area contributed by atoms with Crippen molar-refractivity contribution in [3.8, 4) is 0 Å². The first-order chi connectivity index (χ1) is 10.2. The molecule has 0 saturated carbocycles. The van der Waals surface area contributed by atoms with Gasteiger partial charge in [-0.05, 0) is 37.8 Å². The van der Waals surface area contributed by atoms with E-state index in [2.05, 4.69) is 54.2 Å². The molecule has 2 nitrogen and oxygen atoms in total. The number of thiophene rings is 1. The summed E-state index contributed by atoms with van der Waals surface area (Å²) in [5.41, 5.74) is 4.37. The molecule has 0 aromatic carbocycles. The first-order valence-electron chi connectivity index (χ1n) is 7.79. The van der Waals surface area contributed by atoms with Crippen LogP contribution in [0.15, 0.2) is 23.6 Å². The van der Waals surface area contributed by atoms with Crippen LogP contribution in [-0.2, 0) is 18.8 Å². The van der Waals surface area contributed by atoms with Crippen molar-refractivity contribution in [1.82, 2.24) is 4.57 Å². The monoisotopic (exact) mass is 323 g/mol. The highest BCUT2D eigenvalue weighted by molar-refractivity contribution is 7.98. The van der Waals surface area contributed by atoms with Crippen LogP contribution in [0.25, 0.3) is 0 Å². The van der Waals surface area contributed by atoms with E-state index in [0.717, 1.165) is 18.8 Å². The zero-order chi connectivity index (χ0) is 15.1. The van der Waals surface area contributed by atoms with Crippen LogP contribution >= 0.6 is 23.1 Å². The van der Waals surface area contributed by atoms with Crippen LogP contribution in [-0.4, -0.2) is 16.9 Å². The van der Waals surface area contributed by atoms with Gasteiger partial charge in [-0.25, -0.2) is 0 Å². The van der Waals surface area contributed by atoms with Crippen LogP contribution in [0.5, 0.6) is 0 Å². The van der Waals surface area contributed by atoms with Crippen LogP contribution < -0.4 is 5.32 Å². The van der Waals surface area contributed by atoms with Gasteiger partial charge in [0.15, 0.2) is 0 Å². The molecule has 0 atom stereocenters. The zero-order valence-corrected chi connectivity index (χ0v) is 15.0. The fourth-order valence-electron chi connectivity index (χ4n) is 2.64. The second-order valence-corrected chi connectivity index (χ2v) is 7.60. The van der Waals surface area contributed by atoms with E-state index in [1.54, 1.807) is 0 Å². The molecule has 116 valence electrons. The van der Waals surface area contributed by atoms with Crippen molar-refractivity contribution in [3.05, 3.63) is 45.4 Å². The van der Waals surface area contributed by atoms with E-state index in [1.165, 1.54) is 40.5 Å². The summed E-state index contributed by atoms with van der Waals surface area (Å²) in [6.45, 7) is 10.2. The molecule has 2 aromatic heterocycles. The van der Waals surface area contributed by atoms with Gasteiger partial charge in [-0.2, -0.15) is 11.8 Å². The van der Waals surface area contributed by atoms with E-state index in [0.29, 0.717) is 0 Å². The lowest BCUT2D eigenvalue weighted by molar-refractivity contribution is -0.666. The molecule has 0 aliphatic heterocycles. The minimum Gasteiger partial charge on any atom is -0.349 e. The Morgan fingerprint density at radius 1 is 1.33 bits per heavy atom. The van der Waals surface area contributed by atoms with E-state index in [9.17, 15) is 0 Å². The van der Waals surface area contributed by atoms with Gasteiger partial charge in [0.25, 0.3) is 0 Å². The van der Waals surface area contributed by atoms with Gasteiger partial charge in [0.2, 0.25) is 0 Å². The van der Waals surface area contributed by atoms with E-state index in [1.807, 2.05) is 23.1 Å². The molecule has 21 heavy (non-hydrogen) atoms. The lowest BCUT2D eigenvalue weighted by atomic mass is 10.2. The van der Waals surface area contributed by atoms with Crippen LogP contribution in [0.3, 0.4) is 0 Å². The summed E-state index contributed by atoms with van der Waals surface area (Å²) in [5.74, 6) is 2.39. The number of aryl methyl sites for hydroxylation is 1. The highest BCUT2D eigenvalue weighted by Crippen LogP contribution is 2.16. The molecule has 0 amide bonds. The van der Waals surface area contributed by atoms with Crippen LogP contribution in [0.4, 0.5) is 0 Å². The molecule has 2 rings (SSSR count). The maximum Gasteiger partial charge on any atom is 0.103 e. The van der Waals surface area contributed by atoms with Gasteiger partial charge in [0.05, 0.1) is 6.54 Å². The molecule has 2 heterocycles. The molecule has 0 saturated heterocycles. The highest BCUT2D eigenvalue weighted by atomic mass is 32.2. The summed E-state index contributed by atoms with van der Waals surface area (Å²) in [6.07, 6.45) is 1.21. The van der Waals surface area contributed by atoms with Gasteiger partial charge >= 0.3 is 0 Å². The fourth-order valence-corrected chi connectivity index (χ4v) is 4.42. The van der Waals surface area contributed by atoms with Crippen molar-refractivity contribution < 1.29 is 5.32 Å². The number of nitrogens with two attached hydrogens (primary N) is 1.